The van der Waals surface area contributed by atoms with Crippen molar-refractivity contribution in [3.63, 3.8) is 0 Å². The zero-order valence-corrected chi connectivity index (χ0v) is 15.6. The molecule has 1 fully saturated rings. The Hall–Kier alpha value is -1.78. The first-order valence-corrected chi connectivity index (χ1v) is 9.98. The number of benzene rings is 2. The van der Waals surface area contributed by atoms with Crippen LogP contribution >= 0.6 is 11.8 Å². The predicted octanol–water partition coefficient (Wildman–Crippen LogP) is 4.60. The van der Waals surface area contributed by atoms with Gasteiger partial charge in [-0.15, -0.1) is 11.8 Å². The van der Waals surface area contributed by atoms with Gasteiger partial charge in [0.15, 0.2) is 0 Å². The minimum absolute atomic E-state index is 0.110. The van der Waals surface area contributed by atoms with Gasteiger partial charge in [-0.2, -0.15) is 0 Å². The van der Waals surface area contributed by atoms with Gasteiger partial charge in [0.2, 0.25) is 0 Å². The topological polar surface area (TPSA) is 40.5 Å². The largest absolute Gasteiger partial charge is 0.481 e. The van der Waals surface area contributed by atoms with Gasteiger partial charge < -0.3 is 5.11 Å². The van der Waals surface area contributed by atoms with Crippen LogP contribution in [0.4, 0.5) is 0 Å². The summed E-state index contributed by atoms with van der Waals surface area (Å²) < 4.78 is 0. The summed E-state index contributed by atoms with van der Waals surface area (Å²) in [6.07, 6.45) is 3.79. The van der Waals surface area contributed by atoms with Gasteiger partial charge in [-0.3, -0.25) is 9.69 Å². The first-order valence-electron chi connectivity index (χ1n) is 8.76. The molecule has 1 N–H and O–H groups in total. The molecule has 1 saturated heterocycles. The Kier molecular flexibility index (Phi) is 5.82. The molecule has 1 heterocycles. The van der Waals surface area contributed by atoms with Crippen LogP contribution in [0.3, 0.4) is 0 Å². The minimum Gasteiger partial charge on any atom is -0.481 e. The van der Waals surface area contributed by atoms with E-state index in [0.717, 1.165) is 19.4 Å². The van der Waals surface area contributed by atoms with Gasteiger partial charge in [-0.05, 0) is 55.8 Å². The van der Waals surface area contributed by atoms with Crippen molar-refractivity contribution < 1.29 is 9.90 Å². The van der Waals surface area contributed by atoms with Gasteiger partial charge in [-0.25, -0.2) is 0 Å². The number of likely N-dealkylation sites (tertiary alicyclic amines) is 1. The van der Waals surface area contributed by atoms with Crippen molar-refractivity contribution in [2.45, 2.75) is 30.7 Å². The zero-order chi connectivity index (χ0) is 17.8. The smallest absolute Gasteiger partial charge is 0.307 e. The Balaban J connectivity index is 1.95. The molecule has 0 spiro atoms. The molecule has 2 aromatic rings. The normalized spacial score (nSPS) is 19.5. The summed E-state index contributed by atoms with van der Waals surface area (Å²) in [4.78, 5) is 15.1. The number of aliphatic carboxylic acids is 1. The van der Waals surface area contributed by atoms with E-state index in [0.29, 0.717) is 6.54 Å². The molecule has 0 amide bonds. The molecule has 0 aromatic heterocycles. The van der Waals surface area contributed by atoms with E-state index in [2.05, 4.69) is 66.6 Å². The van der Waals surface area contributed by atoms with Crippen molar-refractivity contribution >= 4 is 17.7 Å². The molecule has 3 rings (SSSR count). The van der Waals surface area contributed by atoms with Crippen molar-refractivity contribution in [1.82, 2.24) is 4.90 Å². The summed E-state index contributed by atoms with van der Waals surface area (Å²) in [5.74, 6) is -0.947. The molecule has 0 saturated carbocycles. The Morgan fingerprint density at radius 2 is 1.72 bits per heavy atom. The Morgan fingerprint density at radius 1 is 1.12 bits per heavy atom. The van der Waals surface area contributed by atoms with E-state index >= 15 is 0 Å². The maximum atomic E-state index is 11.5. The van der Waals surface area contributed by atoms with Crippen LogP contribution < -0.4 is 0 Å². The molecule has 0 bridgehead atoms. The van der Waals surface area contributed by atoms with E-state index in [1.165, 1.54) is 21.6 Å². The highest BCUT2D eigenvalue weighted by Crippen LogP contribution is 2.33. The molecule has 2 aromatic carbocycles. The van der Waals surface area contributed by atoms with Crippen LogP contribution in [0.25, 0.3) is 0 Å². The summed E-state index contributed by atoms with van der Waals surface area (Å²) in [5.41, 5.74) is 3.70. The standard InChI is InChI=1S/C21H25NO2S/c1-15-5-7-16(8-6-15)20(17-9-11-19(25-2)12-10-17)22-13-3-4-18(14-22)21(23)24/h5-12,18,20H,3-4,13-14H2,1-2H3,(H,23,24). The SMILES string of the molecule is CSc1ccc(C(c2ccc(C)cc2)N2CCCC(C(=O)O)C2)cc1. The first kappa shape index (κ1) is 18.0. The second-order valence-corrected chi connectivity index (χ2v) is 7.64. The molecule has 1 aliphatic rings. The van der Waals surface area contributed by atoms with Crippen LogP contribution in [0.5, 0.6) is 0 Å². The molecular weight excluding hydrogens is 330 g/mol. The van der Waals surface area contributed by atoms with Crippen molar-refractivity contribution in [2.75, 3.05) is 19.3 Å². The van der Waals surface area contributed by atoms with Crippen LogP contribution in [0, 0.1) is 12.8 Å². The molecule has 2 atom stereocenters. The van der Waals surface area contributed by atoms with Gasteiger partial charge in [0.1, 0.15) is 0 Å². The van der Waals surface area contributed by atoms with Gasteiger partial charge in [0.25, 0.3) is 0 Å². The van der Waals surface area contributed by atoms with Crippen LogP contribution in [0.2, 0.25) is 0 Å². The summed E-state index contributed by atoms with van der Waals surface area (Å²) in [6, 6.07) is 17.4. The fraction of sp³-hybridized carbons (Fsp3) is 0.381. The monoisotopic (exact) mass is 355 g/mol. The van der Waals surface area contributed by atoms with E-state index in [1.807, 2.05) is 0 Å². The molecule has 132 valence electrons. The van der Waals surface area contributed by atoms with Gasteiger partial charge in [0.05, 0.1) is 12.0 Å². The number of carbonyl (C=O) groups is 1. The molecule has 1 aliphatic heterocycles. The molecular formula is C21H25NO2S. The molecule has 2 unspecified atom stereocenters. The maximum absolute atomic E-state index is 11.5. The molecule has 3 nitrogen and oxygen atoms in total. The third-order valence-corrected chi connectivity index (χ3v) is 5.74. The average molecular weight is 356 g/mol. The minimum atomic E-state index is -0.676. The lowest BCUT2D eigenvalue weighted by atomic mass is 9.91. The van der Waals surface area contributed by atoms with Crippen LogP contribution in [-0.2, 0) is 4.79 Å². The van der Waals surface area contributed by atoms with Crippen LogP contribution in [0.15, 0.2) is 53.4 Å². The van der Waals surface area contributed by atoms with E-state index in [1.54, 1.807) is 11.8 Å². The predicted molar refractivity (Wildman–Crippen MR) is 103 cm³/mol. The fourth-order valence-electron chi connectivity index (χ4n) is 3.59. The van der Waals surface area contributed by atoms with E-state index < -0.39 is 5.97 Å². The number of hydrogen-bond acceptors (Lipinski definition) is 3. The number of hydrogen-bond donors (Lipinski definition) is 1. The number of carboxylic acids is 1. The number of piperidine rings is 1. The third kappa shape index (κ3) is 4.25. The lowest BCUT2D eigenvalue weighted by Crippen LogP contribution is -2.41. The second kappa shape index (κ2) is 8.07. The van der Waals surface area contributed by atoms with Crippen LogP contribution in [0.1, 0.15) is 35.6 Å². The van der Waals surface area contributed by atoms with Crippen molar-refractivity contribution in [1.29, 1.82) is 0 Å². The Bertz CT molecular complexity index is 712. The summed E-state index contributed by atoms with van der Waals surface area (Å²) >= 11 is 1.74. The van der Waals surface area contributed by atoms with Gasteiger partial charge >= 0.3 is 5.97 Å². The highest BCUT2D eigenvalue weighted by Gasteiger charge is 2.31. The van der Waals surface area contributed by atoms with E-state index in [-0.39, 0.29) is 12.0 Å². The number of nitrogens with zero attached hydrogens (tertiary/aromatic N) is 1. The Morgan fingerprint density at radius 3 is 2.28 bits per heavy atom. The fourth-order valence-corrected chi connectivity index (χ4v) is 4.00. The molecule has 0 radical (unpaired) electrons. The molecule has 4 heteroatoms. The lowest BCUT2D eigenvalue weighted by molar-refractivity contribution is -0.143. The second-order valence-electron chi connectivity index (χ2n) is 6.76. The molecule has 25 heavy (non-hydrogen) atoms. The summed E-state index contributed by atoms with van der Waals surface area (Å²) in [6.45, 7) is 3.64. The van der Waals surface area contributed by atoms with Gasteiger partial charge in [-0.1, -0.05) is 42.0 Å². The first-order chi connectivity index (χ1) is 12.1. The quantitative estimate of drug-likeness (QED) is 0.796. The van der Waals surface area contributed by atoms with Crippen LogP contribution in [-0.4, -0.2) is 35.3 Å². The molecule has 0 aliphatic carbocycles. The van der Waals surface area contributed by atoms with E-state index in [4.69, 9.17) is 0 Å². The number of rotatable bonds is 5. The summed E-state index contributed by atoms with van der Waals surface area (Å²) in [5, 5.41) is 9.45. The number of aryl methyl sites for hydroxylation is 1. The highest BCUT2D eigenvalue weighted by atomic mass is 32.2. The lowest BCUT2D eigenvalue weighted by Gasteiger charge is -2.37. The van der Waals surface area contributed by atoms with E-state index in [9.17, 15) is 9.90 Å². The third-order valence-electron chi connectivity index (χ3n) is 4.99. The Labute approximate surface area is 154 Å². The van der Waals surface area contributed by atoms with Crippen molar-refractivity contribution in [2.24, 2.45) is 5.92 Å². The van der Waals surface area contributed by atoms with Crippen molar-refractivity contribution in [3.8, 4) is 0 Å². The summed E-state index contributed by atoms with van der Waals surface area (Å²) in [7, 11) is 0. The average Bonchev–Trinajstić information content (AvgIpc) is 2.64. The van der Waals surface area contributed by atoms with Gasteiger partial charge in [0, 0.05) is 11.4 Å². The highest BCUT2D eigenvalue weighted by molar-refractivity contribution is 7.98. The number of carboxylic acid groups (broad SMARTS) is 1. The zero-order valence-electron chi connectivity index (χ0n) is 14.8. The van der Waals surface area contributed by atoms with Crippen molar-refractivity contribution in [3.05, 3.63) is 65.2 Å². The maximum Gasteiger partial charge on any atom is 0.307 e. The number of thioether (sulfide) groups is 1.